The Morgan fingerprint density at radius 2 is 1.48 bits per heavy atom. The Labute approximate surface area is 287 Å². The van der Waals surface area contributed by atoms with Crippen LogP contribution >= 0.6 is 0 Å². The molecular formula is C34H39N3O13. The van der Waals surface area contributed by atoms with Gasteiger partial charge in [-0.25, -0.2) is 9.78 Å². The summed E-state index contributed by atoms with van der Waals surface area (Å²) < 4.78 is 32.4. The minimum Gasteiger partial charge on any atom is -0.497 e. The standard InChI is InChI=1S/C34H39N3O13/c1-18(23-7-8-25-12-27(45-6)10-9-24(25)11-23)34(44)46-16-30(48-20(3)39)32(50-22(5)41)31(49-21(4)40)29(47-19(2)38)15-36-28(33(42)43)13-26-14-35-17-37-26/h7-12,14-15,17-18,28-32H,13,16H2,1-6H3,(H,35,37)(H,42,43)/t18?,28-,29?,30?,31?,32?/m0/s1. The van der Waals surface area contributed by atoms with E-state index in [0.29, 0.717) is 17.0 Å². The van der Waals surface area contributed by atoms with E-state index in [1.54, 1.807) is 26.2 Å². The summed E-state index contributed by atoms with van der Waals surface area (Å²) in [4.78, 5) is 85.0. The molecule has 3 aromatic rings. The van der Waals surface area contributed by atoms with Gasteiger partial charge in [0.1, 0.15) is 12.4 Å². The normalized spacial score (nSPS) is 14.8. The summed E-state index contributed by atoms with van der Waals surface area (Å²) >= 11 is 0. The summed E-state index contributed by atoms with van der Waals surface area (Å²) in [6.45, 7) is 5.03. The van der Waals surface area contributed by atoms with E-state index in [1.807, 2.05) is 24.3 Å². The second-order valence-electron chi connectivity index (χ2n) is 11.1. The second-order valence-corrected chi connectivity index (χ2v) is 11.1. The van der Waals surface area contributed by atoms with Gasteiger partial charge in [0.2, 0.25) is 0 Å². The lowest BCUT2D eigenvalue weighted by molar-refractivity contribution is -0.198. The third-order valence-electron chi connectivity index (χ3n) is 7.22. The molecule has 0 saturated carbocycles. The fourth-order valence-electron chi connectivity index (χ4n) is 4.90. The molecule has 3 rings (SSSR count). The average molecular weight is 698 g/mol. The van der Waals surface area contributed by atoms with Crippen molar-refractivity contribution in [3.8, 4) is 5.75 Å². The lowest BCUT2D eigenvalue weighted by Gasteiger charge is -2.34. The highest BCUT2D eigenvalue weighted by Gasteiger charge is 2.44. The van der Waals surface area contributed by atoms with Crippen molar-refractivity contribution < 1.29 is 62.3 Å². The molecule has 6 atom stereocenters. The third kappa shape index (κ3) is 11.4. The molecule has 0 aliphatic carbocycles. The van der Waals surface area contributed by atoms with Gasteiger partial charge in [-0.3, -0.25) is 29.0 Å². The molecule has 2 aromatic carbocycles. The zero-order valence-electron chi connectivity index (χ0n) is 28.3. The van der Waals surface area contributed by atoms with Crippen LogP contribution in [0.1, 0.15) is 51.8 Å². The number of aliphatic imine (C=N–C) groups is 1. The number of imidazole rings is 1. The third-order valence-corrected chi connectivity index (χ3v) is 7.22. The van der Waals surface area contributed by atoms with Gasteiger partial charge in [-0.1, -0.05) is 24.3 Å². The Bertz CT molecular complexity index is 1710. The predicted octanol–water partition coefficient (Wildman–Crippen LogP) is 2.71. The first kappa shape index (κ1) is 38.6. The van der Waals surface area contributed by atoms with Crippen LogP contribution in [0, 0.1) is 0 Å². The van der Waals surface area contributed by atoms with Crippen LogP contribution in [0.4, 0.5) is 0 Å². The first-order chi connectivity index (χ1) is 23.7. The number of nitrogens with zero attached hydrogens (tertiary/aromatic N) is 2. The molecule has 16 nitrogen and oxygen atoms in total. The number of aromatic amines is 1. The van der Waals surface area contributed by atoms with E-state index in [4.69, 9.17) is 28.4 Å². The molecular weight excluding hydrogens is 658 g/mol. The van der Waals surface area contributed by atoms with Crippen molar-refractivity contribution in [2.24, 2.45) is 4.99 Å². The number of carboxylic acids is 1. The van der Waals surface area contributed by atoms with Crippen LogP contribution in [-0.2, 0) is 58.9 Å². The van der Waals surface area contributed by atoms with E-state index in [2.05, 4.69) is 15.0 Å². The van der Waals surface area contributed by atoms with Crippen molar-refractivity contribution in [3.05, 3.63) is 60.2 Å². The monoisotopic (exact) mass is 697 g/mol. The number of aromatic nitrogens is 2. The van der Waals surface area contributed by atoms with Gasteiger partial charge in [0.15, 0.2) is 30.5 Å². The van der Waals surface area contributed by atoms with Gasteiger partial charge in [0.25, 0.3) is 0 Å². The Morgan fingerprint density at radius 3 is 2.06 bits per heavy atom. The van der Waals surface area contributed by atoms with E-state index in [1.165, 1.54) is 12.5 Å². The molecule has 0 amide bonds. The fraction of sp³-hybridized carbons (Fsp3) is 0.412. The topological polar surface area (TPSA) is 219 Å². The number of ether oxygens (including phenoxy) is 6. The van der Waals surface area contributed by atoms with Gasteiger partial charge in [-0.2, -0.15) is 0 Å². The number of fused-ring (bicyclic) bond motifs is 1. The van der Waals surface area contributed by atoms with E-state index < -0.39 is 78.8 Å². The van der Waals surface area contributed by atoms with Crippen LogP contribution in [0.2, 0.25) is 0 Å². The minimum absolute atomic E-state index is 0.139. The Kier molecular flexibility index (Phi) is 14.0. The van der Waals surface area contributed by atoms with E-state index in [9.17, 15) is 33.9 Å². The summed E-state index contributed by atoms with van der Waals surface area (Å²) in [6, 6.07) is 9.42. The van der Waals surface area contributed by atoms with E-state index in [0.717, 1.165) is 44.7 Å². The van der Waals surface area contributed by atoms with Crippen LogP contribution < -0.4 is 4.74 Å². The van der Waals surface area contributed by atoms with Crippen LogP contribution in [0.25, 0.3) is 10.8 Å². The summed E-state index contributed by atoms with van der Waals surface area (Å²) in [5.74, 6) is -5.88. The number of nitrogens with one attached hydrogen (secondary N) is 1. The number of H-pyrrole nitrogens is 1. The van der Waals surface area contributed by atoms with Gasteiger partial charge >= 0.3 is 35.8 Å². The number of carbonyl (C=O) groups is 6. The van der Waals surface area contributed by atoms with Gasteiger partial charge in [-0.05, 0) is 35.4 Å². The zero-order chi connectivity index (χ0) is 37.0. The van der Waals surface area contributed by atoms with Gasteiger partial charge in [-0.15, -0.1) is 0 Å². The zero-order valence-corrected chi connectivity index (χ0v) is 28.3. The molecule has 2 N–H and O–H groups in total. The molecule has 1 aromatic heterocycles. The minimum atomic E-state index is -1.76. The lowest BCUT2D eigenvalue weighted by atomic mass is 9.97. The maximum absolute atomic E-state index is 13.3. The SMILES string of the molecule is COc1ccc2cc(C(C)C(=O)OCC(OC(C)=O)C(OC(C)=O)C(OC(C)=O)C(C=N[C@@H](Cc3cnc[nH]3)C(=O)O)OC(C)=O)ccc2c1. The molecule has 0 spiro atoms. The van der Waals surface area contributed by atoms with Gasteiger partial charge in [0.05, 0.1) is 19.4 Å². The molecule has 268 valence electrons. The number of carbonyl (C=O) groups excluding carboxylic acids is 5. The quantitative estimate of drug-likeness (QED) is 0.118. The van der Waals surface area contributed by atoms with E-state index >= 15 is 0 Å². The highest BCUT2D eigenvalue weighted by molar-refractivity contribution is 5.87. The summed E-state index contributed by atoms with van der Waals surface area (Å²) in [6.07, 6.45) is -3.26. The lowest BCUT2D eigenvalue weighted by Crippen LogP contribution is -2.53. The molecule has 0 saturated heterocycles. The maximum atomic E-state index is 13.3. The first-order valence-electron chi connectivity index (χ1n) is 15.3. The Hall–Kier alpha value is -5.80. The smallest absolute Gasteiger partial charge is 0.328 e. The number of carboxylic acid groups (broad SMARTS) is 1. The Balaban J connectivity index is 1.95. The van der Waals surface area contributed by atoms with Crippen LogP contribution in [0.3, 0.4) is 0 Å². The van der Waals surface area contributed by atoms with Crippen molar-refractivity contribution in [2.45, 2.75) is 77.4 Å². The molecule has 0 aliphatic rings. The molecule has 5 unspecified atom stereocenters. The number of benzene rings is 2. The number of esters is 5. The van der Waals surface area contributed by atoms with Gasteiger partial charge < -0.3 is 38.5 Å². The molecule has 1 heterocycles. The van der Waals surface area contributed by atoms with Gasteiger partial charge in [0, 0.05) is 52.2 Å². The number of aliphatic carboxylic acids is 1. The first-order valence-corrected chi connectivity index (χ1v) is 15.3. The second kappa shape index (κ2) is 18.1. The van der Waals surface area contributed by atoms with Crippen LogP contribution in [0.5, 0.6) is 5.75 Å². The van der Waals surface area contributed by atoms with Crippen molar-refractivity contribution in [1.29, 1.82) is 0 Å². The maximum Gasteiger partial charge on any atom is 0.328 e. The summed E-state index contributed by atoms with van der Waals surface area (Å²) in [7, 11) is 1.56. The average Bonchev–Trinajstić information content (AvgIpc) is 3.57. The number of methoxy groups -OCH3 is 1. The fourth-order valence-corrected chi connectivity index (χ4v) is 4.90. The highest BCUT2D eigenvalue weighted by atomic mass is 16.6. The van der Waals surface area contributed by atoms with Crippen molar-refractivity contribution in [1.82, 2.24) is 9.97 Å². The number of hydrogen-bond donors (Lipinski definition) is 2. The Morgan fingerprint density at radius 1 is 0.860 bits per heavy atom. The molecule has 0 aliphatic heterocycles. The number of rotatable bonds is 17. The van der Waals surface area contributed by atoms with Crippen molar-refractivity contribution in [3.63, 3.8) is 0 Å². The van der Waals surface area contributed by atoms with Crippen LogP contribution in [0.15, 0.2) is 53.9 Å². The molecule has 0 bridgehead atoms. The summed E-state index contributed by atoms with van der Waals surface area (Å²) in [5.41, 5.74) is 1.04. The van der Waals surface area contributed by atoms with E-state index in [-0.39, 0.29) is 6.42 Å². The molecule has 50 heavy (non-hydrogen) atoms. The molecule has 0 radical (unpaired) electrons. The highest BCUT2D eigenvalue weighted by Crippen LogP contribution is 2.26. The predicted molar refractivity (Wildman–Crippen MR) is 174 cm³/mol. The van der Waals surface area contributed by atoms with Crippen molar-refractivity contribution >= 4 is 52.8 Å². The van der Waals surface area contributed by atoms with Crippen LogP contribution in [-0.4, -0.2) is 101 Å². The number of hydrogen-bond acceptors (Lipinski definition) is 14. The molecule has 0 fully saturated rings. The van der Waals surface area contributed by atoms with Crippen molar-refractivity contribution in [2.75, 3.05) is 13.7 Å². The molecule has 16 heteroatoms. The summed E-state index contributed by atoms with van der Waals surface area (Å²) in [5, 5.41) is 11.5. The largest absolute Gasteiger partial charge is 0.497 e.